The summed E-state index contributed by atoms with van der Waals surface area (Å²) in [5, 5.41) is 18.9. The fraction of sp³-hybridized carbons (Fsp3) is 0.500. The second-order valence-corrected chi connectivity index (χ2v) is 5.26. The van der Waals surface area contributed by atoms with Crippen LogP contribution >= 0.6 is 22.6 Å². The maximum atomic E-state index is 9.80. The van der Waals surface area contributed by atoms with E-state index in [-0.39, 0.29) is 6.61 Å². The van der Waals surface area contributed by atoms with Crippen molar-refractivity contribution in [3.05, 3.63) is 10.2 Å². The first-order valence-corrected chi connectivity index (χ1v) is 6.78. The molecule has 9 heteroatoms. The summed E-state index contributed by atoms with van der Waals surface area (Å²) in [5.74, 6) is 0.305. The van der Waals surface area contributed by atoms with Gasteiger partial charge >= 0.3 is 0 Å². The number of nitrogens with zero attached hydrogens (tertiary/aromatic N) is 4. The van der Waals surface area contributed by atoms with Gasteiger partial charge in [0.2, 0.25) is 0 Å². The number of ether oxygens (including phenoxy) is 1. The summed E-state index contributed by atoms with van der Waals surface area (Å²) >= 11 is 2.05. The topological polar surface area (TPSA) is 119 Å². The number of nitrogens with two attached hydrogens (primary N) is 1. The number of fused-ring (bicyclic) bond motifs is 1. The summed E-state index contributed by atoms with van der Waals surface area (Å²) in [6.45, 7) is -0.224. The van der Waals surface area contributed by atoms with E-state index in [2.05, 4.69) is 37.5 Å². The number of imidazole rings is 1. The first-order chi connectivity index (χ1) is 9.11. The van der Waals surface area contributed by atoms with Gasteiger partial charge in [-0.25, -0.2) is 15.0 Å². The van der Waals surface area contributed by atoms with Crippen LogP contribution in [0.4, 0.5) is 5.82 Å². The Morgan fingerprint density at radius 3 is 3.00 bits per heavy atom. The fourth-order valence-corrected chi connectivity index (χ4v) is 2.97. The van der Waals surface area contributed by atoms with E-state index in [1.807, 2.05) is 0 Å². The van der Waals surface area contributed by atoms with Crippen LogP contribution in [0.1, 0.15) is 12.6 Å². The molecular weight excluding hydrogens is 362 g/mol. The maximum Gasteiger partial charge on any atom is 0.175 e. The Morgan fingerprint density at radius 1 is 1.53 bits per heavy atom. The molecule has 102 valence electrons. The summed E-state index contributed by atoms with van der Waals surface area (Å²) in [7, 11) is 0. The van der Waals surface area contributed by atoms with Crippen molar-refractivity contribution >= 4 is 39.6 Å². The summed E-state index contributed by atoms with van der Waals surface area (Å²) in [4.78, 5) is 12.4. The van der Waals surface area contributed by atoms with Crippen LogP contribution in [-0.2, 0) is 4.74 Å². The van der Waals surface area contributed by atoms with Gasteiger partial charge in [0.25, 0.3) is 0 Å². The predicted molar refractivity (Wildman–Crippen MR) is 74.1 cm³/mol. The molecule has 0 bridgehead atoms. The Labute approximate surface area is 121 Å². The SMILES string of the molecule is Nc1ncnc2c1nc([124I])n2[C@H]1C[C@H](O)[C@@H](CO)O1. The van der Waals surface area contributed by atoms with Crippen LogP contribution in [-0.4, -0.2) is 48.5 Å². The third kappa shape index (κ3) is 2.06. The third-order valence-electron chi connectivity index (χ3n) is 3.13. The fourth-order valence-electron chi connectivity index (χ4n) is 2.19. The van der Waals surface area contributed by atoms with Gasteiger partial charge in [-0.1, -0.05) is 0 Å². The molecule has 19 heavy (non-hydrogen) atoms. The van der Waals surface area contributed by atoms with Crippen molar-refractivity contribution in [2.24, 2.45) is 0 Å². The molecule has 4 N–H and O–H groups in total. The summed E-state index contributed by atoms with van der Waals surface area (Å²) in [6.07, 6.45) is 0.0236. The Kier molecular flexibility index (Phi) is 3.28. The maximum absolute atomic E-state index is 9.80. The Hall–Kier alpha value is -1.04. The Balaban J connectivity index is 2.06. The minimum Gasteiger partial charge on any atom is -0.394 e. The normalized spacial score (nSPS) is 27.2. The minimum absolute atomic E-state index is 0.224. The molecule has 0 unspecified atom stereocenters. The monoisotopic (exact) mass is 374 g/mol. The molecule has 0 radical (unpaired) electrons. The number of halogens is 1. The first-order valence-electron chi connectivity index (χ1n) is 5.70. The van der Waals surface area contributed by atoms with Gasteiger partial charge in [-0.05, 0) is 0 Å². The molecule has 0 aliphatic carbocycles. The summed E-state index contributed by atoms with van der Waals surface area (Å²) < 4.78 is 8.02. The van der Waals surface area contributed by atoms with Gasteiger partial charge in [-0.2, -0.15) is 0 Å². The molecule has 2 aromatic rings. The van der Waals surface area contributed by atoms with E-state index >= 15 is 0 Å². The Morgan fingerprint density at radius 2 is 2.32 bits per heavy atom. The average Bonchev–Trinajstić information content (AvgIpc) is 2.90. The van der Waals surface area contributed by atoms with Gasteiger partial charge in [0, 0.05) is 29.0 Å². The Bertz CT molecular complexity index is 618. The van der Waals surface area contributed by atoms with Gasteiger partial charge in [-0.15, -0.1) is 0 Å². The molecule has 1 saturated heterocycles. The highest BCUT2D eigenvalue weighted by molar-refractivity contribution is 14.1. The molecule has 3 heterocycles. The number of aliphatic hydroxyl groups is 2. The summed E-state index contributed by atoms with van der Waals surface area (Å²) in [6, 6.07) is 0. The lowest BCUT2D eigenvalue weighted by Crippen LogP contribution is -2.24. The predicted octanol–water partition coefficient (Wildman–Crippen LogP) is -0.346. The van der Waals surface area contributed by atoms with Gasteiger partial charge < -0.3 is 20.7 Å². The average molecular weight is 374 g/mol. The molecule has 3 rings (SSSR count). The van der Waals surface area contributed by atoms with Gasteiger partial charge in [-0.3, -0.25) is 4.57 Å². The van der Waals surface area contributed by atoms with Crippen molar-refractivity contribution in [1.29, 1.82) is 0 Å². The highest BCUT2D eigenvalue weighted by Gasteiger charge is 2.36. The molecule has 1 aliphatic rings. The quantitative estimate of drug-likeness (QED) is 0.486. The van der Waals surface area contributed by atoms with Gasteiger partial charge in [0.05, 0.1) is 12.7 Å². The molecule has 0 amide bonds. The van der Waals surface area contributed by atoms with Crippen molar-refractivity contribution in [3.8, 4) is 0 Å². The third-order valence-corrected chi connectivity index (χ3v) is 3.90. The second kappa shape index (κ2) is 4.81. The van der Waals surface area contributed by atoms with E-state index < -0.39 is 18.4 Å². The highest BCUT2D eigenvalue weighted by Crippen LogP contribution is 2.33. The molecule has 1 aliphatic heterocycles. The first kappa shape index (κ1) is 13.0. The van der Waals surface area contributed by atoms with E-state index in [0.717, 1.165) is 0 Å². The highest BCUT2D eigenvalue weighted by atomic mass is 124. The van der Waals surface area contributed by atoms with Crippen LogP contribution in [0.15, 0.2) is 6.33 Å². The molecule has 2 aromatic heterocycles. The van der Waals surface area contributed by atoms with Crippen LogP contribution in [0, 0.1) is 3.83 Å². The van der Waals surface area contributed by atoms with Crippen LogP contribution in [0.25, 0.3) is 11.2 Å². The van der Waals surface area contributed by atoms with Crippen LogP contribution in [0.2, 0.25) is 0 Å². The minimum atomic E-state index is -0.706. The molecule has 0 spiro atoms. The standard InChI is InChI=1S/C10H12IN5O3/c11-10-15-7-8(12)13-3-14-9(7)16(10)6-1-4(18)5(2-17)19-6/h3-6,17-18H,1-2H2,(H2,12,13,14)/t4-,5+,6+/m0/s1/i11-3. The second-order valence-electron chi connectivity index (χ2n) is 4.30. The van der Waals surface area contributed by atoms with E-state index in [0.29, 0.717) is 27.2 Å². The number of hydrogen-bond acceptors (Lipinski definition) is 7. The number of aromatic nitrogens is 4. The number of nitrogen functional groups attached to an aromatic ring is 1. The zero-order valence-electron chi connectivity index (χ0n) is 9.77. The molecule has 3 atom stereocenters. The molecule has 8 nitrogen and oxygen atoms in total. The molecular formula is C10H12IN5O3. The van der Waals surface area contributed by atoms with E-state index in [4.69, 9.17) is 15.6 Å². The van der Waals surface area contributed by atoms with Crippen molar-refractivity contribution in [1.82, 2.24) is 19.5 Å². The van der Waals surface area contributed by atoms with Crippen molar-refractivity contribution in [3.63, 3.8) is 0 Å². The van der Waals surface area contributed by atoms with Gasteiger partial charge in [0.15, 0.2) is 20.8 Å². The summed E-state index contributed by atoms with van der Waals surface area (Å²) in [5.41, 5.74) is 6.83. The molecule has 0 aromatic carbocycles. The number of rotatable bonds is 2. The lowest BCUT2D eigenvalue weighted by molar-refractivity contribution is -0.0440. The van der Waals surface area contributed by atoms with Crippen LogP contribution in [0.5, 0.6) is 0 Å². The number of hydrogen-bond donors (Lipinski definition) is 3. The lowest BCUT2D eigenvalue weighted by atomic mass is 10.2. The number of anilines is 1. The van der Waals surface area contributed by atoms with E-state index in [1.54, 1.807) is 4.57 Å². The number of aliphatic hydroxyl groups excluding tert-OH is 2. The van der Waals surface area contributed by atoms with E-state index in [1.165, 1.54) is 6.33 Å². The molecule has 0 saturated carbocycles. The van der Waals surface area contributed by atoms with E-state index in [9.17, 15) is 5.11 Å². The lowest BCUT2D eigenvalue weighted by Gasteiger charge is -2.14. The van der Waals surface area contributed by atoms with Crippen molar-refractivity contribution in [2.75, 3.05) is 12.3 Å². The van der Waals surface area contributed by atoms with Crippen molar-refractivity contribution < 1.29 is 14.9 Å². The largest absolute Gasteiger partial charge is 0.394 e. The van der Waals surface area contributed by atoms with Crippen LogP contribution < -0.4 is 5.73 Å². The smallest absolute Gasteiger partial charge is 0.175 e. The van der Waals surface area contributed by atoms with Crippen LogP contribution in [0.3, 0.4) is 0 Å². The van der Waals surface area contributed by atoms with Gasteiger partial charge in [0.1, 0.15) is 18.7 Å². The molecule has 1 fully saturated rings. The van der Waals surface area contributed by atoms with Crippen molar-refractivity contribution in [2.45, 2.75) is 24.9 Å². The zero-order valence-corrected chi connectivity index (χ0v) is 11.9. The zero-order chi connectivity index (χ0) is 13.6.